The molecule has 0 aliphatic carbocycles. The number of halogens is 1. The van der Waals surface area contributed by atoms with E-state index < -0.39 is 0 Å². The fourth-order valence-electron chi connectivity index (χ4n) is 0.841. The number of methoxy groups -OCH3 is 2. The van der Waals surface area contributed by atoms with Gasteiger partial charge in [-0.2, -0.15) is 0 Å². The molecule has 14 heavy (non-hydrogen) atoms. The van der Waals surface area contributed by atoms with E-state index in [4.69, 9.17) is 9.47 Å². The number of ether oxygens (including phenoxy) is 2. The minimum absolute atomic E-state index is 0.290. The van der Waals surface area contributed by atoms with Crippen LogP contribution in [0.2, 0.25) is 0 Å². The molecule has 0 aliphatic rings. The lowest BCUT2D eigenvalue weighted by molar-refractivity contribution is -0.0914. The zero-order valence-corrected chi connectivity index (χ0v) is 9.61. The Morgan fingerprint density at radius 1 is 1.36 bits per heavy atom. The summed E-state index contributed by atoms with van der Waals surface area (Å²) in [5.41, 5.74) is 0. The highest BCUT2D eigenvalue weighted by Gasteiger charge is 2.04. The Bertz CT molecular complexity index is 264. The molecule has 1 aromatic rings. The van der Waals surface area contributed by atoms with Crippen molar-refractivity contribution in [2.24, 2.45) is 0 Å². The van der Waals surface area contributed by atoms with Crippen LogP contribution in [0.15, 0.2) is 16.9 Å². The molecule has 1 rings (SSSR count). The fourth-order valence-corrected chi connectivity index (χ4v) is 1.05. The fraction of sp³-hybridized carbons (Fsp3) is 0.500. The molecule has 6 heteroatoms. The summed E-state index contributed by atoms with van der Waals surface area (Å²) in [6.07, 6.45) is 3.05. The van der Waals surface area contributed by atoms with Gasteiger partial charge in [0.25, 0.3) is 0 Å². The molecule has 1 aromatic heterocycles. The highest BCUT2D eigenvalue weighted by Crippen LogP contribution is 2.06. The third-order valence-electron chi connectivity index (χ3n) is 1.57. The number of nitrogens with zero attached hydrogens (tertiary/aromatic N) is 2. The minimum atomic E-state index is -0.290. The molecule has 0 aromatic carbocycles. The van der Waals surface area contributed by atoms with E-state index in [1.54, 1.807) is 26.6 Å². The molecule has 0 unspecified atom stereocenters. The van der Waals surface area contributed by atoms with Gasteiger partial charge >= 0.3 is 0 Å². The zero-order chi connectivity index (χ0) is 10.4. The van der Waals surface area contributed by atoms with E-state index in [-0.39, 0.29) is 6.29 Å². The lowest BCUT2D eigenvalue weighted by Crippen LogP contribution is -2.24. The van der Waals surface area contributed by atoms with Crippen molar-refractivity contribution in [2.75, 3.05) is 26.1 Å². The van der Waals surface area contributed by atoms with Crippen molar-refractivity contribution in [3.63, 3.8) is 0 Å². The van der Waals surface area contributed by atoms with Crippen LogP contribution in [0.25, 0.3) is 0 Å². The number of nitrogens with one attached hydrogen (secondary N) is 1. The van der Waals surface area contributed by atoms with Crippen LogP contribution in [0, 0.1) is 0 Å². The Morgan fingerprint density at radius 2 is 1.93 bits per heavy atom. The number of hydrogen-bond acceptors (Lipinski definition) is 5. The first-order chi connectivity index (χ1) is 6.76. The maximum absolute atomic E-state index is 5.00. The van der Waals surface area contributed by atoms with Gasteiger partial charge in [0.15, 0.2) is 6.29 Å². The molecule has 1 heterocycles. The summed E-state index contributed by atoms with van der Waals surface area (Å²) < 4.78 is 10.8. The average Bonchev–Trinajstić information content (AvgIpc) is 2.22. The number of rotatable bonds is 5. The Kier molecular flexibility index (Phi) is 4.78. The second-order valence-corrected chi connectivity index (χ2v) is 3.42. The van der Waals surface area contributed by atoms with Gasteiger partial charge < -0.3 is 14.8 Å². The van der Waals surface area contributed by atoms with Crippen molar-refractivity contribution in [3.05, 3.63) is 16.9 Å². The normalized spacial score (nSPS) is 10.6. The molecule has 1 N–H and O–H groups in total. The van der Waals surface area contributed by atoms with E-state index in [0.717, 1.165) is 4.47 Å². The van der Waals surface area contributed by atoms with Crippen molar-refractivity contribution in [3.8, 4) is 0 Å². The topological polar surface area (TPSA) is 56.3 Å². The monoisotopic (exact) mass is 261 g/mol. The highest BCUT2D eigenvalue weighted by atomic mass is 79.9. The van der Waals surface area contributed by atoms with E-state index in [0.29, 0.717) is 12.5 Å². The van der Waals surface area contributed by atoms with Gasteiger partial charge in [-0.15, -0.1) is 0 Å². The standard InChI is InChI=1S/C8H12BrN3O2/c1-13-7(14-2)5-12-8-10-3-6(9)4-11-8/h3-4,7H,5H2,1-2H3,(H,10,11,12). The summed E-state index contributed by atoms with van der Waals surface area (Å²) in [6, 6.07) is 0. The van der Waals surface area contributed by atoms with Crippen LogP contribution in [-0.2, 0) is 9.47 Å². The smallest absolute Gasteiger partial charge is 0.222 e. The molecule has 0 saturated carbocycles. The molecule has 5 nitrogen and oxygen atoms in total. The predicted molar refractivity (Wildman–Crippen MR) is 56.0 cm³/mol. The van der Waals surface area contributed by atoms with Crippen LogP contribution >= 0.6 is 15.9 Å². The van der Waals surface area contributed by atoms with Crippen molar-refractivity contribution >= 4 is 21.9 Å². The minimum Gasteiger partial charge on any atom is -0.354 e. The summed E-state index contributed by atoms with van der Waals surface area (Å²) in [6.45, 7) is 0.509. The number of anilines is 1. The van der Waals surface area contributed by atoms with Crippen molar-refractivity contribution in [1.29, 1.82) is 0 Å². The second-order valence-electron chi connectivity index (χ2n) is 2.51. The van der Waals surface area contributed by atoms with Gasteiger partial charge in [-0.3, -0.25) is 0 Å². The van der Waals surface area contributed by atoms with Crippen LogP contribution in [0.1, 0.15) is 0 Å². The molecule has 0 spiro atoms. The van der Waals surface area contributed by atoms with Crippen LogP contribution in [0.5, 0.6) is 0 Å². The number of hydrogen-bond donors (Lipinski definition) is 1. The van der Waals surface area contributed by atoms with Gasteiger partial charge in [0.05, 0.1) is 11.0 Å². The molecule has 78 valence electrons. The van der Waals surface area contributed by atoms with Gasteiger partial charge in [0, 0.05) is 26.6 Å². The van der Waals surface area contributed by atoms with Crippen LogP contribution in [0.4, 0.5) is 5.95 Å². The summed E-state index contributed by atoms with van der Waals surface area (Å²) in [4.78, 5) is 8.08. The Morgan fingerprint density at radius 3 is 2.43 bits per heavy atom. The molecule has 0 saturated heterocycles. The lowest BCUT2D eigenvalue weighted by atomic mass is 10.6. The molecular formula is C8H12BrN3O2. The first kappa shape index (κ1) is 11.4. The second kappa shape index (κ2) is 5.90. The van der Waals surface area contributed by atoms with Crippen molar-refractivity contribution < 1.29 is 9.47 Å². The largest absolute Gasteiger partial charge is 0.354 e. The Balaban J connectivity index is 2.41. The molecule has 0 radical (unpaired) electrons. The first-order valence-corrected chi connectivity index (χ1v) is 4.82. The quantitative estimate of drug-likeness (QED) is 0.810. The van der Waals surface area contributed by atoms with E-state index in [1.807, 2.05) is 0 Å². The maximum Gasteiger partial charge on any atom is 0.222 e. The van der Waals surface area contributed by atoms with Crippen LogP contribution in [0.3, 0.4) is 0 Å². The summed E-state index contributed by atoms with van der Waals surface area (Å²) in [5.74, 6) is 0.548. The average molecular weight is 262 g/mol. The third kappa shape index (κ3) is 3.57. The third-order valence-corrected chi connectivity index (χ3v) is 1.98. The number of aromatic nitrogens is 2. The first-order valence-electron chi connectivity index (χ1n) is 4.03. The Hall–Kier alpha value is -0.720. The maximum atomic E-state index is 5.00. The van der Waals surface area contributed by atoms with Gasteiger partial charge in [-0.25, -0.2) is 9.97 Å². The predicted octanol–water partition coefficient (Wildman–Crippen LogP) is 1.27. The summed E-state index contributed by atoms with van der Waals surface area (Å²) in [7, 11) is 3.16. The molecule has 0 amide bonds. The van der Waals surface area contributed by atoms with E-state index >= 15 is 0 Å². The van der Waals surface area contributed by atoms with E-state index in [2.05, 4.69) is 31.2 Å². The lowest BCUT2D eigenvalue weighted by Gasteiger charge is -2.13. The van der Waals surface area contributed by atoms with Gasteiger partial charge in [-0.1, -0.05) is 0 Å². The Labute approximate surface area is 91.0 Å². The van der Waals surface area contributed by atoms with Crippen LogP contribution < -0.4 is 5.32 Å². The molecular weight excluding hydrogens is 250 g/mol. The molecule has 0 bridgehead atoms. The van der Waals surface area contributed by atoms with Crippen molar-refractivity contribution in [2.45, 2.75) is 6.29 Å². The SMILES string of the molecule is COC(CNc1ncc(Br)cn1)OC. The zero-order valence-electron chi connectivity index (χ0n) is 8.03. The summed E-state index contributed by atoms with van der Waals surface area (Å²) in [5, 5.41) is 2.98. The highest BCUT2D eigenvalue weighted by molar-refractivity contribution is 9.10. The molecule has 0 aliphatic heterocycles. The summed E-state index contributed by atoms with van der Waals surface area (Å²) >= 11 is 3.25. The van der Waals surface area contributed by atoms with Gasteiger partial charge in [-0.05, 0) is 15.9 Å². The van der Waals surface area contributed by atoms with E-state index in [1.165, 1.54) is 0 Å². The van der Waals surface area contributed by atoms with Gasteiger partial charge in [0.2, 0.25) is 5.95 Å². The van der Waals surface area contributed by atoms with Crippen LogP contribution in [-0.4, -0.2) is 37.0 Å². The molecule has 0 fully saturated rings. The van der Waals surface area contributed by atoms with Gasteiger partial charge in [0.1, 0.15) is 0 Å². The van der Waals surface area contributed by atoms with E-state index in [9.17, 15) is 0 Å². The molecule has 0 atom stereocenters. The van der Waals surface area contributed by atoms with Crippen molar-refractivity contribution in [1.82, 2.24) is 9.97 Å².